The predicted molar refractivity (Wildman–Crippen MR) is 98.3 cm³/mol. The number of benzene rings is 1. The van der Waals surface area contributed by atoms with Gasteiger partial charge in [0.25, 0.3) is 0 Å². The van der Waals surface area contributed by atoms with Crippen molar-refractivity contribution < 1.29 is 9.90 Å². The molecule has 1 aromatic carbocycles. The molecule has 6 nitrogen and oxygen atoms in total. The Morgan fingerprint density at radius 3 is 2.48 bits per heavy atom. The molecule has 2 N–H and O–H groups in total. The average Bonchev–Trinajstić information content (AvgIpc) is 2.60. The normalized spacial score (nSPS) is 25.6. The third kappa shape index (κ3) is 5.17. The summed E-state index contributed by atoms with van der Waals surface area (Å²) in [6, 6.07) is 10.2. The first kappa shape index (κ1) is 18.2. The topological polar surface area (TPSA) is 59.1 Å². The summed E-state index contributed by atoms with van der Waals surface area (Å²) < 4.78 is 0. The van der Waals surface area contributed by atoms with Gasteiger partial charge in [-0.3, -0.25) is 9.80 Å². The highest BCUT2D eigenvalue weighted by atomic mass is 16.3. The van der Waals surface area contributed by atoms with E-state index in [1.807, 2.05) is 30.3 Å². The maximum atomic E-state index is 12.7. The molecule has 0 radical (unpaired) electrons. The lowest BCUT2D eigenvalue weighted by Gasteiger charge is -2.47. The van der Waals surface area contributed by atoms with E-state index in [4.69, 9.17) is 0 Å². The number of carbonyl (C=O) groups excluding carboxylic acids is 1. The lowest BCUT2D eigenvalue weighted by atomic mass is 10.1. The molecule has 0 aromatic heterocycles. The Kier molecular flexibility index (Phi) is 5.61. The summed E-state index contributed by atoms with van der Waals surface area (Å²) in [6.07, 6.45) is 0. The van der Waals surface area contributed by atoms with Crippen molar-refractivity contribution in [2.45, 2.75) is 32.0 Å². The van der Waals surface area contributed by atoms with Crippen molar-refractivity contribution in [1.82, 2.24) is 20.0 Å². The van der Waals surface area contributed by atoms with Gasteiger partial charge in [0.15, 0.2) is 0 Å². The van der Waals surface area contributed by atoms with Crippen LogP contribution in [-0.4, -0.2) is 83.3 Å². The predicted octanol–water partition coefficient (Wildman–Crippen LogP) is 0.969. The number of nitrogens with one attached hydrogen (secondary N) is 1. The van der Waals surface area contributed by atoms with E-state index in [2.05, 4.69) is 15.1 Å². The molecular formula is C19H30N4O2. The van der Waals surface area contributed by atoms with E-state index >= 15 is 0 Å². The van der Waals surface area contributed by atoms with Gasteiger partial charge in [0.05, 0.1) is 12.1 Å². The van der Waals surface area contributed by atoms with Crippen LogP contribution in [0, 0.1) is 0 Å². The van der Waals surface area contributed by atoms with Crippen LogP contribution in [0.15, 0.2) is 30.3 Å². The molecule has 3 saturated heterocycles. The maximum absolute atomic E-state index is 12.7. The molecule has 4 rings (SSSR count). The molecule has 2 amide bonds. The Balaban J connectivity index is 1.58. The van der Waals surface area contributed by atoms with Gasteiger partial charge in [-0.15, -0.1) is 0 Å². The van der Waals surface area contributed by atoms with Gasteiger partial charge in [-0.25, -0.2) is 4.79 Å². The molecule has 2 bridgehead atoms. The molecule has 3 fully saturated rings. The van der Waals surface area contributed by atoms with Gasteiger partial charge in [-0.05, 0) is 19.4 Å². The molecule has 25 heavy (non-hydrogen) atoms. The smallest absolute Gasteiger partial charge is 0.317 e. The Hall–Kier alpha value is -1.63. The van der Waals surface area contributed by atoms with Crippen LogP contribution in [0.3, 0.4) is 0 Å². The zero-order chi connectivity index (χ0) is 17.9. The second-order valence-corrected chi connectivity index (χ2v) is 7.83. The second kappa shape index (κ2) is 7.72. The molecule has 3 aliphatic heterocycles. The van der Waals surface area contributed by atoms with E-state index in [-0.39, 0.29) is 6.03 Å². The van der Waals surface area contributed by atoms with Crippen molar-refractivity contribution >= 4 is 6.03 Å². The van der Waals surface area contributed by atoms with Gasteiger partial charge in [0, 0.05) is 51.9 Å². The first-order valence-electron chi connectivity index (χ1n) is 9.16. The van der Waals surface area contributed by atoms with Gasteiger partial charge in [-0.1, -0.05) is 30.3 Å². The molecule has 3 heterocycles. The zero-order valence-electron chi connectivity index (χ0n) is 15.3. The fourth-order valence-electron chi connectivity index (χ4n) is 3.71. The fourth-order valence-corrected chi connectivity index (χ4v) is 3.71. The van der Waals surface area contributed by atoms with Gasteiger partial charge in [0.1, 0.15) is 0 Å². The van der Waals surface area contributed by atoms with Crippen molar-refractivity contribution in [3.05, 3.63) is 35.9 Å². The van der Waals surface area contributed by atoms with Crippen LogP contribution >= 0.6 is 0 Å². The van der Waals surface area contributed by atoms with Crippen molar-refractivity contribution in [3.8, 4) is 0 Å². The second-order valence-electron chi connectivity index (χ2n) is 7.83. The minimum Gasteiger partial charge on any atom is -0.389 e. The van der Waals surface area contributed by atoms with Gasteiger partial charge >= 0.3 is 6.03 Å². The summed E-state index contributed by atoms with van der Waals surface area (Å²) in [5.74, 6) is 0. The fraction of sp³-hybridized carbons (Fsp3) is 0.632. The Bertz CT molecular complexity index is 565. The molecule has 0 saturated carbocycles. The van der Waals surface area contributed by atoms with Gasteiger partial charge in [-0.2, -0.15) is 0 Å². The first-order valence-corrected chi connectivity index (χ1v) is 9.16. The molecule has 6 heteroatoms. The number of hydrogen-bond acceptors (Lipinski definition) is 4. The number of rotatable bonds is 6. The van der Waals surface area contributed by atoms with E-state index in [1.54, 1.807) is 18.7 Å². The number of aliphatic hydroxyl groups is 1. The SMILES string of the molecule is CC(C)(O)CN(Cc1ccccc1)C(=O)NC[C@H]1CN2CCN1CC2. The average molecular weight is 346 g/mol. The van der Waals surface area contributed by atoms with Crippen LogP contribution in [-0.2, 0) is 6.54 Å². The number of nitrogens with zero attached hydrogens (tertiary/aromatic N) is 3. The van der Waals surface area contributed by atoms with Crippen LogP contribution in [0.2, 0.25) is 0 Å². The first-order chi connectivity index (χ1) is 11.9. The summed E-state index contributed by atoms with van der Waals surface area (Å²) in [4.78, 5) is 19.4. The highest BCUT2D eigenvalue weighted by molar-refractivity contribution is 5.74. The lowest BCUT2D eigenvalue weighted by Crippen LogP contribution is -2.64. The van der Waals surface area contributed by atoms with Crippen LogP contribution in [0.5, 0.6) is 0 Å². The lowest BCUT2D eigenvalue weighted by molar-refractivity contribution is 0.0131. The Labute approximate surface area is 150 Å². The summed E-state index contributed by atoms with van der Waals surface area (Å²) in [7, 11) is 0. The summed E-state index contributed by atoms with van der Waals surface area (Å²) in [6.45, 7) is 10.4. The molecule has 1 aromatic rings. The minimum atomic E-state index is -0.925. The molecule has 0 aliphatic carbocycles. The maximum Gasteiger partial charge on any atom is 0.317 e. The van der Waals surface area contributed by atoms with Crippen LogP contribution in [0.25, 0.3) is 0 Å². The number of amides is 2. The highest BCUT2D eigenvalue weighted by Crippen LogP contribution is 2.15. The summed E-state index contributed by atoms with van der Waals surface area (Å²) in [5.41, 5.74) is 0.138. The molecule has 3 aliphatic rings. The van der Waals surface area contributed by atoms with Gasteiger partial charge in [0.2, 0.25) is 0 Å². The quantitative estimate of drug-likeness (QED) is 0.806. The van der Waals surface area contributed by atoms with Crippen molar-refractivity contribution in [3.63, 3.8) is 0 Å². The third-order valence-electron chi connectivity index (χ3n) is 4.96. The third-order valence-corrected chi connectivity index (χ3v) is 4.96. The van der Waals surface area contributed by atoms with Crippen molar-refractivity contribution in [2.24, 2.45) is 0 Å². The largest absolute Gasteiger partial charge is 0.389 e. The molecular weight excluding hydrogens is 316 g/mol. The van der Waals surface area contributed by atoms with Crippen molar-refractivity contribution in [2.75, 3.05) is 45.8 Å². The molecule has 138 valence electrons. The highest BCUT2D eigenvalue weighted by Gasteiger charge is 2.32. The Morgan fingerprint density at radius 2 is 1.92 bits per heavy atom. The van der Waals surface area contributed by atoms with E-state index in [0.717, 1.165) is 38.3 Å². The zero-order valence-corrected chi connectivity index (χ0v) is 15.3. The number of hydrogen-bond donors (Lipinski definition) is 2. The number of piperazine rings is 3. The standard InChI is InChI=1S/C19H30N4O2/c1-19(2,25)15-23(13-16-6-4-3-5-7-16)18(24)20-12-17-14-21-8-10-22(17)11-9-21/h3-7,17,25H,8-15H2,1-2H3,(H,20,24)/t17-/m0/s1. The summed E-state index contributed by atoms with van der Waals surface area (Å²) in [5, 5.41) is 13.3. The van der Waals surface area contributed by atoms with Crippen LogP contribution in [0.1, 0.15) is 19.4 Å². The van der Waals surface area contributed by atoms with Crippen LogP contribution in [0.4, 0.5) is 4.79 Å². The summed E-state index contributed by atoms with van der Waals surface area (Å²) >= 11 is 0. The minimum absolute atomic E-state index is 0.108. The molecule has 1 atom stereocenters. The van der Waals surface area contributed by atoms with E-state index < -0.39 is 5.60 Å². The number of carbonyl (C=O) groups is 1. The molecule has 0 spiro atoms. The number of fused-ring (bicyclic) bond motifs is 3. The number of urea groups is 1. The molecule has 0 unspecified atom stereocenters. The van der Waals surface area contributed by atoms with E-state index in [9.17, 15) is 9.90 Å². The Morgan fingerprint density at radius 1 is 1.24 bits per heavy atom. The monoisotopic (exact) mass is 346 g/mol. The van der Waals surface area contributed by atoms with Crippen molar-refractivity contribution in [1.29, 1.82) is 0 Å². The van der Waals surface area contributed by atoms with Crippen LogP contribution < -0.4 is 5.32 Å². The van der Waals surface area contributed by atoms with Gasteiger partial charge < -0.3 is 15.3 Å². The van der Waals surface area contributed by atoms with E-state index in [1.165, 1.54) is 0 Å². The van der Waals surface area contributed by atoms with E-state index in [0.29, 0.717) is 25.7 Å².